The molecule has 0 aliphatic rings. The number of esters is 1. The summed E-state index contributed by atoms with van der Waals surface area (Å²) in [6.45, 7) is 8.63. The predicted molar refractivity (Wildman–Crippen MR) is 97.3 cm³/mol. The minimum absolute atomic E-state index is 0.0958. The molecule has 0 aliphatic carbocycles. The summed E-state index contributed by atoms with van der Waals surface area (Å²) in [5.74, 6) is -0.826. The molecule has 1 atom stereocenters. The molecule has 1 rings (SSSR count). The molecule has 0 heterocycles. The topological polar surface area (TPSA) is 98.8 Å². The second kappa shape index (κ2) is 8.53. The van der Waals surface area contributed by atoms with E-state index in [9.17, 15) is 18.0 Å². The number of rotatable bonds is 6. The lowest BCUT2D eigenvalue weighted by Crippen LogP contribution is -2.47. The average molecular weight is 385 g/mol. The number of carbonyl (C=O) groups excluding carboxylic acids is 2. The molecule has 0 unspecified atom stereocenters. The lowest BCUT2D eigenvalue weighted by molar-refractivity contribution is -0.148. The largest absolute Gasteiger partial charge is 0.459 e. The number of alkyl carbamates (subject to hydrolysis) is 1. The molecular formula is C18H27NO6S. The molecule has 7 nitrogen and oxygen atoms in total. The number of benzene rings is 1. The van der Waals surface area contributed by atoms with Crippen molar-refractivity contribution in [1.82, 2.24) is 5.32 Å². The molecule has 0 radical (unpaired) electrons. The van der Waals surface area contributed by atoms with Crippen molar-refractivity contribution in [1.29, 1.82) is 0 Å². The van der Waals surface area contributed by atoms with Crippen molar-refractivity contribution in [2.24, 2.45) is 5.92 Å². The minimum atomic E-state index is -3.34. The molecule has 1 amide bonds. The number of hydrogen-bond acceptors (Lipinski definition) is 6. The maximum Gasteiger partial charge on any atom is 0.408 e. The fraction of sp³-hybridized carbons (Fsp3) is 0.556. The third kappa shape index (κ3) is 7.43. The highest BCUT2D eigenvalue weighted by molar-refractivity contribution is 7.90. The average Bonchev–Trinajstić information content (AvgIpc) is 2.47. The lowest BCUT2D eigenvalue weighted by atomic mass is 10.1. The van der Waals surface area contributed by atoms with Crippen LogP contribution in [0.5, 0.6) is 0 Å². The molecule has 146 valence electrons. The zero-order chi connectivity index (χ0) is 20.1. The van der Waals surface area contributed by atoms with Crippen LogP contribution in [0.2, 0.25) is 0 Å². The highest BCUT2D eigenvalue weighted by atomic mass is 32.2. The monoisotopic (exact) mass is 385 g/mol. The van der Waals surface area contributed by atoms with Gasteiger partial charge in [0.1, 0.15) is 18.2 Å². The quantitative estimate of drug-likeness (QED) is 0.756. The maximum atomic E-state index is 12.3. The number of nitrogens with one attached hydrogen (secondary N) is 1. The summed E-state index contributed by atoms with van der Waals surface area (Å²) in [4.78, 5) is 24.4. The Kier molecular flexibility index (Phi) is 7.20. The molecule has 8 heteroatoms. The van der Waals surface area contributed by atoms with Gasteiger partial charge in [-0.05, 0) is 44.4 Å². The summed E-state index contributed by atoms with van der Waals surface area (Å²) in [5, 5.41) is 2.51. The van der Waals surface area contributed by atoms with Gasteiger partial charge < -0.3 is 14.8 Å². The Morgan fingerprint density at radius 2 is 1.81 bits per heavy atom. The molecule has 0 saturated heterocycles. The highest BCUT2D eigenvalue weighted by Crippen LogP contribution is 2.14. The second-order valence-corrected chi connectivity index (χ2v) is 9.41. The molecule has 1 aromatic rings. The van der Waals surface area contributed by atoms with Crippen molar-refractivity contribution in [3.8, 4) is 0 Å². The van der Waals surface area contributed by atoms with Gasteiger partial charge in [-0.3, -0.25) is 0 Å². The number of ether oxygens (including phenoxy) is 2. The zero-order valence-electron chi connectivity index (χ0n) is 16.0. The van der Waals surface area contributed by atoms with E-state index in [1.165, 1.54) is 12.1 Å². The van der Waals surface area contributed by atoms with Crippen LogP contribution in [0.15, 0.2) is 29.2 Å². The van der Waals surface area contributed by atoms with Crippen molar-refractivity contribution in [3.63, 3.8) is 0 Å². The Morgan fingerprint density at radius 1 is 1.19 bits per heavy atom. The van der Waals surface area contributed by atoms with Crippen LogP contribution < -0.4 is 5.32 Å². The SMILES string of the molecule is CC(C)[C@H](NC(=O)OC(C)(C)C)C(=O)OCc1cccc(S(C)(=O)=O)c1. The van der Waals surface area contributed by atoms with Crippen LogP contribution in [0.25, 0.3) is 0 Å². The van der Waals surface area contributed by atoms with E-state index in [0.29, 0.717) is 5.56 Å². The normalized spacial score (nSPS) is 13.2. The predicted octanol–water partition coefficient (Wildman–Crippen LogP) is 2.68. The number of carbonyl (C=O) groups is 2. The Hall–Kier alpha value is -2.09. The molecule has 1 aromatic carbocycles. The molecule has 0 aromatic heterocycles. The minimum Gasteiger partial charge on any atom is -0.459 e. The van der Waals surface area contributed by atoms with Crippen molar-refractivity contribution < 1.29 is 27.5 Å². The van der Waals surface area contributed by atoms with Gasteiger partial charge in [0.05, 0.1) is 4.90 Å². The van der Waals surface area contributed by atoms with E-state index in [4.69, 9.17) is 9.47 Å². The molecule has 0 fully saturated rings. The molecule has 1 N–H and O–H groups in total. The standard InChI is InChI=1S/C18H27NO6S/c1-12(2)15(19-17(21)25-18(3,4)5)16(20)24-11-13-8-7-9-14(10-13)26(6,22)23/h7-10,12,15H,11H2,1-6H3,(H,19,21)/t15-/m0/s1. The Balaban J connectivity index is 2.76. The smallest absolute Gasteiger partial charge is 0.408 e. The van der Waals surface area contributed by atoms with E-state index in [2.05, 4.69) is 5.32 Å². The number of hydrogen-bond donors (Lipinski definition) is 1. The number of sulfone groups is 1. The van der Waals surface area contributed by atoms with E-state index in [-0.39, 0.29) is 17.4 Å². The lowest BCUT2D eigenvalue weighted by Gasteiger charge is -2.24. The van der Waals surface area contributed by atoms with E-state index < -0.39 is 33.5 Å². The van der Waals surface area contributed by atoms with Gasteiger partial charge in [0.15, 0.2) is 9.84 Å². The van der Waals surface area contributed by atoms with Crippen molar-refractivity contribution in [2.75, 3.05) is 6.26 Å². The van der Waals surface area contributed by atoms with Crippen molar-refractivity contribution in [2.45, 2.75) is 57.8 Å². The molecule has 26 heavy (non-hydrogen) atoms. The van der Waals surface area contributed by atoms with Crippen LogP contribution in [0.1, 0.15) is 40.2 Å². The van der Waals surface area contributed by atoms with Crippen LogP contribution >= 0.6 is 0 Å². The Labute approximate surface area is 155 Å². The van der Waals surface area contributed by atoms with Crippen LogP contribution in [0.3, 0.4) is 0 Å². The van der Waals surface area contributed by atoms with E-state index in [0.717, 1.165) is 6.26 Å². The van der Waals surface area contributed by atoms with Crippen LogP contribution in [0.4, 0.5) is 4.79 Å². The Morgan fingerprint density at radius 3 is 2.31 bits per heavy atom. The Bertz CT molecular complexity index is 749. The van der Waals surface area contributed by atoms with Gasteiger partial charge in [0.25, 0.3) is 0 Å². The fourth-order valence-corrected chi connectivity index (χ4v) is 2.73. The number of amides is 1. The molecular weight excluding hydrogens is 358 g/mol. The summed E-state index contributed by atoms with van der Waals surface area (Å²) in [6, 6.07) is 5.30. The van der Waals surface area contributed by atoms with Crippen molar-refractivity contribution >= 4 is 21.9 Å². The molecule has 0 spiro atoms. The maximum absolute atomic E-state index is 12.3. The first-order valence-corrected chi connectivity index (χ1v) is 10.1. The van der Waals surface area contributed by atoms with Gasteiger partial charge in [-0.25, -0.2) is 18.0 Å². The summed E-state index contributed by atoms with van der Waals surface area (Å²) in [7, 11) is -3.34. The fourth-order valence-electron chi connectivity index (χ4n) is 2.04. The highest BCUT2D eigenvalue weighted by Gasteiger charge is 2.28. The van der Waals surface area contributed by atoms with Crippen LogP contribution in [-0.2, 0) is 30.7 Å². The third-order valence-corrected chi connectivity index (χ3v) is 4.41. The first kappa shape index (κ1) is 22.0. The van der Waals surface area contributed by atoms with Gasteiger partial charge in [-0.2, -0.15) is 0 Å². The van der Waals surface area contributed by atoms with Gasteiger partial charge in [-0.15, -0.1) is 0 Å². The van der Waals surface area contributed by atoms with Crippen LogP contribution in [-0.4, -0.2) is 38.4 Å². The summed E-state index contributed by atoms with van der Waals surface area (Å²) >= 11 is 0. The van der Waals surface area contributed by atoms with E-state index in [1.807, 2.05) is 0 Å². The van der Waals surface area contributed by atoms with Crippen molar-refractivity contribution in [3.05, 3.63) is 29.8 Å². The zero-order valence-corrected chi connectivity index (χ0v) is 16.8. The summed E-state index contributed by atoms with van der Waals surface area (Å²) < 4.78 is 33.6. The molecule has 0 saturated carbocycles. The van der Waals surface area contributed by atoms with Gasteiger partial charge >= 0.3 is 12.1 Å². The van der Waals surface area contributed by atoms with E-state index in [1.54, 1.807) is 46.8 Å². The van der Waals surface area contributed by atoms with E-state index >= 15 is 0 Å². The van der Waals surface area contributed by atoms with Crippen LogP contribution in [0, 0.1) is 5.92 Å². The summed E-state index contributed by atoms with van der Waals surface area (Å²) in [6.07, 6.45) is 0.407. The summed E-state index contributed by atoms with van der Waals surface area (Å²) in [5.41, 5.74) is -0.136. The van der Waals surface area contributed by atoms with Gasteiger partial charge in [0, 0.05) is 6.26 Å². The van der Waals surface area contributed by atoms with Gasteiger partial charge in [0.2, 0.25) is 0 Å². The third-order valence-electron chi connectivity index (χ3n) is 3.30. The second-order valence-electron chi connectivity index (χ2n) is 7.40. The molecule has 0 aliphatic heterocycles. The first-order valence-electron chi connectivity index (χ1n) is 8.25. The molecule has 0 bridgehead atoms. The first-order chi connectivity index (χ1) is 11.8. The van der Waals surface area contributed by atoms with Gasteiger partial charge in [-0.1, -0.05) is 26.0 Å².